The number of halogens is 3. The van der Waals surface area contributed by atoms with Crippen LogP contribution in [0.5, 0.6) is 5.75 Å². The number of para-hydroxylation sites is 2. The summed E-state index contributed by atoms with van der Waals surface area (Å²) in [6.07, 6.45) is -2.42. The number of nitrogens with two attached hydrogens (primary N) is 1. The van der Waals surface area contributed by atoms with Gasteiger partial charge < -0.3 is 20.7 Å². The summed E-state index contributed by atoms with van der Waals surface area (Å²) in [5.74, 6) is 0.759. The highest BCUT2D eigenvalue weighted by atomic mass is 19.4. The molecule has 2 aliphatic rings. The molecule has 2 aromatic rings. The summed E-state index contributed by atoms with van der Waals surface area (Å²) < 4.78 is 48.6. The number of nitrogens with one attached hydrogen (secondary N) is 1. The molecule has 0 radical (unpaired) electrons. The van der Waals surface area contributed by atoms with E-state index in [-0.39, 0.29) is 6.04 Å². The number of fused-ring (bicyclic) bond motifs is 2. The molecule has 3 N–H and O–H groups in total. The van der Waals surface area contributed by atoms with Gasteiger partial charge in [-0.3, -0.25) is 0 Å². The van der Waals surface area contributed by atoms with Gasteiger partial charge in [-0.05, 0) is 62.5 Å². The highest BCUT2D eigenvalue weighted by molar-refractivity contribution is 5.85. The van der Waals surface area contributed by atoms with Gasteiger partial charge in [0.2, 0.25) is 0 Å². The third-order valence-corrected chi connectivity index (χ3v) is 6.74. The van der Waals surface area contributed by atoms with Crippen LogP contribution in [0.4, 0.5) is 30.2 Å². The van der Waals surface area contributed by atoms with Crippen LogP contribution in [-0.2, 0) is 11.6 Å². The van der Waals surface area contributed by atoms with Gasteiger partial charge in [0.05, 0.1) is 29.7 Å². The lowest BCUT2D eigenvalue weighted by Crippen LogP contribution is -2.50. The van der Waals surface area contributed by atoms with Crippen molar-refractivity contribution in [3.05, 3.63) is 47.5 Å². The molecule has 0 aliphatic carbocycles. The molecule has 0 bridgehead atoms. The van der Waals surface area contributed by atoms with Crippen molar-refractivity contribution in [3.8, 4) is 5.75 Å². The second-order valence-electron chi connectivity index (χ2n) is 9.02. The van der Waals surface area contributed by atoms with Crippen molar-refractivity contribution in [1.82, 2.24) is 5.32 Å². The van der Waals surface area contributed by atoms with Crippen LogP contribution in [0.3, 0.4) is 0 Å². The van der Waals surface area contributed by atoms with E-state index in [1.54, 1.807) is 6.07 Å². The van der Waals surface area contributed by atoms with E-state index in [0.717, 1.165) is 12.1 Å². The SMILES string of the molecule is COc1ccc(C(F)(F)F)c2c1N(c1ccccc1N)C(CC(C)C)C21CCNCC1. The van der Waals surface area contributed by atoms with E-state index < -0.39 is 17.2 Å². The average molecular weight is 434 g/mol. The van der Waals surface area contributed by atoms with Crippen molar-refractivity contribution in [3.63, 3.8) is 0 Å². The quantitative estimate of drug-likeness (QED) is 0.627. The molecular formula is C24H30F3N3O. The Morgan fingerprint density at radius 3 is 2.42 bits per heavy atom. The van der Waals surface area contributed by atoms with Crippen LogP contribution >= 0.6 is 0 Å². The fourth-order valence-electron chi connectivity index (χ4n) is 5.51. The summed E-state index contributed by atoms with van der Waals surface area (Å²) in [5.41, 5.74) is 7.35. The molecule has 1 saturated heterocycles. The summed E-state index contributed by atoms with van der Waals surface area (Å²) >= 11 is 0. The molecule has 1 atom stereocenters. The largest absolute Gasteiger partial charge is 0.495 e. The Balaban J connectivity index is 2.08. The fourth-order valence-corrected chi connectivity index (χ4v) is 5.51. The van der Waals surface area contributed by atoms with Crippen molar-refractivity contribution >= 4 is 17.1 Å². The number of rotatable bonds is 4. The van der Waals surface area contributed by atoms with Crippen molar-refractivity contribution in [2.75, 3.05) is 30.8 Å². The number of hydrogen-bond acceptors (Lipinski definition) is 4. The van der Waals surface area contributed by atoms with Gasteiger partial charge in [-0.1, -0.05) is 26.0 Å². The number of alkyl halides is 3. The lowest BCUT2D eigenvalue weighted by atomic mass is 9.66. The zero-order valence-electron chi connectivity index (χ0n) is 18.2. The molecule has 2 heterocycles. The van der Waals surface area contributed by atoms with Crippen LogP contribution in [-0.4, -0.2) is 26.2 Å². The van der Waals surface area contributed by atoms with Crippen LogP contribution in [0.25, 0.3) is 0 Å². The van der Waals surface area contributed by atoms with Crippen LogP contribution < -0.4 is 20.7 Å². The summed E-state index contributed by atoms with van der Waals surface area (Å²) in [5, 5.41) is 3.34. The highest BCUT2D eigenvalue weighted by Crippen LogP contribution is 2.61. The zero-order valence-corrected chi connectivity index (χ0v) is 18.2. The molecule has 2 aliphatic heterocycles. The molecule has 0 aromatic heterocycles. The maximum Gasteiger partial charge on any atom is 0.416 e. The molecule has 7 heteroatoms. The van der Waals surface area contributed by atoms with Gasteiger partial charge in [0.15, 0.2) is 0 Å². The predicted molar refractivity (Wildman–Crippen MR) is 118 cm³/mol. The molecule has 0 amide bonds. The van der Waals surface area contributed by atoms with Crippen molar-refractivity contribution in [2.24, 2.45) is 5.92 Å². The number of benzene rings is 2. The normalized spacial score (nSPS) is 20.4. The smallest absolute Gasteiger partial charge is 0.416 e. The van der Waals surface area contributed by atoms with Crippen LogP contribution in [0.1, 0.15) is 44.2 Å². The van der Waals surface area contributed by atoms with E-state index in [1.807, 2.05) is 23.1 Å². The summed E-state index contributed by atoms with van der Waals surface area (Å²) in [6.45, 7) is 5.60. The van der Waals surface area contributed by atoms with Crippen LogP contribution in [0, 0.1) is 5.92 Å². The van der Waals surface area contributed by atoms with Crippen LogP contribution in [0.2, 0.25) is 0 Å². The van der Waals surface area contributed by atoms with Gasteiger partial charge in [0.1, 0.15) is 5.75 Å². The van der Waals surface area contributed by atoms with Gasteiger partial charge in [-0.15, -0.1) is 0 Å². The third kappa shape index (κ3) is 3.53. The van der Waals surface area contributed by atoms with Gasteiger partial charge in [-0.25, -0.2) is 0 Å². The lowest BCUT2D eigenvalue weighted by Gasteiger charge is -2.43. The number of piperidine rings is 1. The summed E-state index contributed by atoms with van der Waals surface area (Å²) in [7, 11) is 1.51. The number of nitrogen functional groups attached to an aromatic ring is 1. The van der Waals surface area contributed by atoms with Gasteiger partial charge in [0.25, 0.3) is 0 Å². The molecule has 168 valence electrons. The zero-order chi connectivity index (χ0) is 22.4. The monoisotopic (exact) mass is 433 g/mol. The molecular weight excluding hydrogens is 403 g/mol. The van der Waals surface area contributed by atoms with Crippen molar-refractivity contribution in [2.45, 2.75) is 50.7 Å². The second-order valence-corrected chi connectivity index (χ2v) is 9.02. The van der Waals surface area contributed by atoms with E-state index >= 15 is 0 Å². The van der Waals surface area contributed by atoms with E-state index in [9.17, 15) is 13.2 Å². The Hall–Kier alpha value is -2.41. The summed E-state index contributed by atoms with van der Waals surface area (Å²) in [4.78, 5) is 2.05. The maximum atomic E-state index is 14.3. The van der Waals surface area contributed by atoms with Crippen LogP contribution in [0.15, 0.2) is 36.4 Å². The number of ether oxygens (including phenoxy) is 1. The Bertz CT molecular complexity index is 952. The molecule has 2 aromatic carbocycles. The number of hydrogen-bond donors (Lipinski definition) is 2. The summed E-state index contributed by atoms with van der Waals surface area (Å²) in [6, 6.07) is 9.90. The first-order chi connectivity index (χ1) is 14.7. The van der Waals surface area contributed by atoms with Gasteiger partial charge in [0, 0.05) is 17.0 Å². The molecule has 4 nitrogen and oxygen atoms in total. The third-order valence-electron chi connectivity index (χ3n) is 6.74. The molecule has 4 rings (SSSR count). The molecule has 1 spiro atoms. The van der Waals surface area contributed by atoms with E-state index in [4.69, 9.17) is 10.5 Å². The number of nitrogens with zero attached hydrogens (tertiary/aromatic N) is 1. The van der Waals surface area contributed by atoms with Crippen molar-refractivity contribution in [1.29, 1.82) is 0 Å². The minimum Gasteiger partial charge on any atom is -0.495 e. The Labute approximate surface area is 181 Å². The standard InChI is InChI=1S/C24H30F3N3O/c1-15(2)14-20-23(10-12-29-13-11-23)21-16(24(25,26)27)8-9-19(31-3)22(21)30(20)18-7-5-4-6-17(18)28/h4-9,15,20,29H,10-14,28H2,1-3H3. The predicted octanol–water partition coefficient (Wildman–Crippen LogP) is 5.48. The lowest BCUT2D eigenvalue weighted by molar-refractivity contribution is -0.138. The van der Waals surface area contributed by atoms with E-state index in [2.05, 4.69) is 19.2 Å². The maximum absolute atomic E-state index is 14.3. The van der Waals surface area contributed by atoms with Gasteiger partial charge in [-0.2, -0.15) is 13.2 Å². The van der Waals surface area contributed by atoms with E-state index in [1.165, 1.54) is 19.2 Å². The first-order valence-electron chi connectivity index (χ1n) is 10.8. The molecule has 31 heavy (non-hydrogen) atoms. The first-order valence-corrected chi connectivity index (χ1v) is 10.8. The second kappa shape index (κ2) is 7.93. The topological polar surface area (TPSA) is 50.5 Å². The Kier molecular flexibility index (Phi) is 5.58. The fraction of sp³-hybridized carbons (Fsp3) is 0.500. The molecule has 0 saturated carbocycles. The molecule has 1 unspecified atom stereocenters. The average Bonchev–Trinajstić information content (AvgIpc) is 2.97. The van der Waals surface area contributed by atoms with E-state index in [0.29, 0.717) is 54.5 Å². The highest BCUT2D eigenvalue weighted by Gasteiger charge is 2.56. The first kappa shape index (κ1) is 21.8. The Morgan fingerprint density at radius 1 is 1.16 bits per heavy atom. The number of methoxy groups -OCH3 is 1. The number of anilines is 3. The van der Waals surface area contributed by atoms with Crippen molar-refractivity contribution < 1.29 is 17.9 Å². The molecule has 1 fully saturated rings. The minimum absolute atomic E-state index is 0.147. The minimum atomic E-state index is -4.45. The van der Waals surface area contributed by atoms with Gasteiger partial charge >= 0.3 is 6.18 Å². The Morgan fingerprint density at radius 2 is 1.84 bits per heavy atom.